The first kappa shape index (κ1) is 12.2. The van der Waals surface area contributed by atoms with Gasteiger partial charge in [0.2, 0.25) is 0 Å². The molecule has 0 spiro atoms. The lowest BCUT2D eigenvalue weighted by Gasteiger charge is -2.07. The number of hydrogen-bond donors (Lipinski definition) is 1. The standard InChI is InChI=1S/C12H13ClN2OS/c1-16-11-5-3-9(13)6-8(11)2-4-10-7-17-12(14)15-10/h3,5-7H,2,4H2,1H3,(H2,14,15). The highest BCUT2D eigenvalue weighted by Gasteiger charge is 2.06. The van der Waals surface area contributed by atoms with Crippen LogP contribution in [0.3, 0.4) is 0 Å². The number of nitrogens with two attached hydrogens (primary N) is 1. The Labute approximate surface area is 109 Å². The van der Waals surface area contributed by atoms with Crippen molar-refractivity contribution >= 4 is 28.1 Å². The fourth-order valence-electron chi connectivity index (χ4n) is 1.64. The van der Waals surface area contributed by atoms with Crippen LogP contribution in [0.5, 0.6) is 5.75 Å². The van der Waals surface area contributed by atoms with Gasteiger partial charge in [0.25, 0.3) is 0 Å². The molecule has 0 aliphatic rings. The molecule has 5 heteroatoms. The predicted molar refractivity (Wildman–Crippen MR) is 71.9 cm³/mol. The van der Waals surface area contributed by atoms with Crippen molar-refractivity contribution in [3.05, 3.63) is 39.9 Å². The Morgan fingerprint density at radius 2 is 2.24 bits per heavy atom. The number of anilines is 1. The smallest absolute Gasteiger partial charge is 0.180 e. The first-order valence-electron chi connectivity index (χ1n) is 5.21. The predicted octanol–water partition coefficient (Wildman–Crippen LogP) is 3.17. The molecular formula is C12H13ClN2OS. The minimum Gasteiger partial charge on any atom is -0.496 e. The summed E-state index contributed by atoms with van der Waals surface area (Å²) < 4.78 is 5.29. The van der Waals surface area contributed by atoms with Crippen molar-refractivity contribution in [1.82, 2.24) is 4.98 Å². The normalized spacial score (nSPS) is 10.5. The second-order valence-electron chi connectivity index (χ2n) is 3.63. The van der Waals surface area contributed by atoms with Gasteiger partial charge in [0.15, 0.2) is 5.13 Å². The Hall–Kier alpha value is -1.26. The minimum absolute atomic E-state index is 0.609. The van der Waals surface area contributed by atoms with E-state index in [-0.39, 0.29) is 0 Å². The van der Waals surface area contributed by atoms with E-state index in [1.165, 1.54) is 11.3 Å². The minimum atomic E-state index is 0.609. The Kier molecular flexibility index (Phi) is 3.86. The van der Waals surface area contributed by atoms with E-state index < -0.39 is 0 Å². The van der Waals surface area contributed by atoms with Crippen LogP contribution < -0.4 is 10.5 Å². The average molecular weight is 269 g/mol. The molecule has 0 bridgehead atoms. The summed E-state index contributed by atoms with van der Waals surface area (Å²) in [7, 11) is 1.66. The Morgan fingerprint density at radius 1 is 1.41 bits per heavy atom. The van der Waals surface area contributed by atoms with Crippen LogP contribution in [0.4, 0.5) is 5.13 Å². The number of methoxy groups -OCH3 is 1. The fraction of sp³-hybridized carbons (Fsp3) is 0.250. The van der Waals surface area contributed by atoms with E-state index in [1.807, 2.05) is 23.6 Å². The molecule has 2 rings (SSSR count). The number of thiazole rings is 1. The molecule has 0 saturated heterocycles. The van der Waals surface area contributed by atoms with Crippen LogP contribution in [0.2, 0.25) is 5.02 Å². The van der Waals surface area contributed by atoms with Crippen molar-refractivity contribution in [2.75, 3.05) is 12.8 Å². The van der Waals surface area contributed by atoms with Crippen molar-refractivity contribution in [2.45, 2.75) is 12.8 Å². The molecule has 0 atom stereocenters. The van der Waals surface area contributed by atoms with Gasteiger partial charge in [-0.3, -0.25) is 0 Å². The first-order valence-corrected chi connectivity index (χ1v) is 6.47. The lowest BCUT2D eigenvalue weighted by atomic mass is 10.1. The van der Waals surface area contributed by atoms with Crippen molar-refractivity contribution in [1.29, 1.82) is 0 Å². The van der Waals surface area contributed by atoms with Crippen molar-refractivity contribution in [3.8, 4) is 5.75 Å². The molecule has 0 amide bonds. The third-order valence-corrected chi connectivity index (χ3v) is 3.42. The van der Waals surface area contributed by atoms with Crippen LogP contribution >= 0.6 is 22.9 Å². The van der Waals surface area contributed by atoms with Gasteiger partial charge in [-0.2, -0.15) is 0 Å². The SMILES string of the molecule is COc1ccc(Cl)cc1CCc1csc(N)n1. The molecule has 2 N–H and O–H groups in total. The van der Waals surface area contributed by atoms with Gasteiger partial charge in [0.05, 0.1) is 12.8 Å². The summed E-state index contributed by atoms with van der Waals surface area (Å²) in [6, 6.07) is 5.63. The van der Waals surface area contributed by atoms with Gasteiger partial charge in [0.1, 0.15) is 5.75 Å². The van der Waals surface area contributed by atoms with Crippen LogP contribution in [0.1, 0.15) is 11.3 Å². The van der Waals surface area contributed by atoms with Gasteiger partial charge in [-0.1, -0.05) is 11.6 Å². The molecule has 1 aromatic heterocycles. The number of halogens is 1. The summed E-state index contributed by atoms with van der Waals surface area (Å²) in [6.45, 7) is 0. The third kappa shape index (κ3) is 3.11. The van der Waals surface area contributed by atoms with Crippen molar-refractivity contribution in [2.24, 2.45) is 0 Å². The van der Waals surface area contributed by atoms with Crippen LogP contribution in [-0.4, -0.2) is 12.1 Å². The van der Waals surface area contributed by atoms with Gasteiger partial charge in [-0.05, 0) is 36.6 Å². The molecule has 2 aromatic rings. The molecule has 1 heterocycles. The highest BCUT2D eigenvalue weighted by atomic mass is 35.5. The highest BCUT2D eigenvalue weighted by molar-refractivity contribution is 7.13. The molecule has 0 aliphatic heterocycles. The third-order valence-electron chi connectivity index (χ3n) is 2.46. The molecule has 17 heavy (non-hydrogen) atoms. The number of nitrogen functional groups attached to an aromatic ring is 1. The summed E-state index contributed by atoms with van der Waals surface area (Å²) >= 11 is 7.43. The van der Waals surface area contributed by atoms with E-state index in [4.69, 9.17) is 22.1 Å². The van der Waals surface area contributed by atoms with E-state index in [0.717, 1.165) is 34.9 Å². The average Bonchev–Trinajstić information content (AvgIpc) is 2.73. The first-order chi connectivity index (χ1) is 8.19. The molecule has 0 radical (unpaired) electrons. The molecule has 90 valence electrons. The van der Waals surface area contributed by atoms with E-state index in [2.05, 4.69) is 4.98 Å². The summed E-state index contributed by atoms with van der Waals surface area (Å²) in [5.41, 5.74) is 7.69. The quantitative estimate of drug-likeness (QED) is 0.927. The fourth-order valence-corrected chi connectivity index (χ4v) is 2.43. The van der Waals surface area contributed by atoms with Gasteiger partial charge < -0.3 is 10.5 Å². The summed E-state index contributed by atoms with van der Waals surface area (Å²) in [6.07, 6.45) is 1.68. The maximum Gasteiger partial charge on any atom is 0.180 e. The van der Waals surface area contributed by atoms with Crippen LogP contribution in [-0.2, 0) is 12.8 Å². The maximum atomic E-state index is 5.97. The number of hydrogen-bond acceptors (Lipinski definition) is 4. The van der Waals surface area contributed by atoms with Gasteiger partial charge >= 0.3 is 0 Å². The van der Waals surface area contributed by atoms with E-state index in [9.17, 15) is 0 Å². The molecule has 0 unspecified atom stereocenters. The summed E-state index contributed by atoms with van der Waals surface area (Å²) in [5, 5.41) is 3.31. The van der Waals surface area contributed by atoms with Gasteiger partial charge in [0, 0.05) is 10.4 Å². The molecule has 0 saturated carbocycles. The molecule has 0 aliphatic carbocycles. The summed E-state index contributed by atoms with van der Waals surface area (Å²) in [5.74, 6) is 0.859. The zero-order valence-electron chi connectivity index (χ0n) is 9.44. The number of nitrogens with zero attached hydrogens (tertiary/aromatic N) is 1. The van der Waals surface area contributed by atoms with Crippen molar-refractivity contribution in [3.63, 3.8) is 0 Å². The van der Waals surface area contributed by atoms with Crippen LogP contribution in [0, 0.1) is 0 Å². The maximum absolute atomic E-state index is 5.97. The number of benzene rings is 1. The van der Waals surface area contributed by atoms with Crippen LogP contribution in [0.15, 0.2) is 23.6 Å². The molecule has 3 nitrogen and oxygen atoms in total. The topological polar surface area (TPSA) is 48.1 Å². The molecule has 1 aromatic carbocycles. The summed E-state index contributed by atoms with van der Waals surface area (Å²) in [4.78, 5) is 4.23. The van der Waals surface area contributed by atoms with Gasteiger partial charge in [-0.25, -0.2) is 4.98 Å². The zero-order chi connectivity index (χ0) is 12.3. The number of aromatic nitrogens is 1. The molecule has 0 fully saturated rings. The van der Waals surface area contributed by atoms with E-state index >= 15 is 0 Å². The second-order valence-corrected chi connectivity index (χ2v) is 4.96. The van der Waals surface area contributed by atoms with Crippen molar-refractivity contribution < 1.29 is 4.74 Å². The Morgan fingerprint density at radius 3 is 2.88 bits per heavy atom. The second kappa shape index (κ2) is 5.38. The van der Waals surface area contributed by atoms with E-state index in [0.29, 0.717) is 5.13 Å². The number of ether oxygens (including phenoxy) is 1. The molecular weight excluding hydrogens is 256 g/mol. The Balaban J connectivity index is 2.10. The monoisotopic (exact) mass is 268 g/mol. The zero-order valence-corrected chi connectivity index (χ0v) is 11.0. The number of aryl methyl sites for hydroxylation is 2. The lowest BCUT2D eigenvalue weighted by Crippen LogP contribution is -1.96. The highest BCUT2D eigenvalue weighted by Crippen LogP contribution is 2.24. The Bertz CT molecular complexity index is 513. The van der Waals surface area contributed by atoms with Gasteiger partial charge in [-0.15, -0.1) is 11.3 Å². The van der Waals surface area contributed by atoms with E-state index in [1.54, 1.807) is 7.11 Å². The largest absolute Gasteiger partial charge is 0.496 e. The lowest BCUT2D eigenvalue weighted by molar-refractivity contribution is 0.409. The number of rotatable bonds is 4. The van der Waals surface area contributed by atoms with Crippen LogP contribution in [0.25, 0.3) is 0 Å².